The Morgan fingerprint density at radius 2 is 1.92 bits per heavy atom. The minimum atomic E-state index is -1.24. The molecule has 204 valence electrons. The third kappa shape index (κ3) is 4.91. The number of carbonyl (C=O) groups excluding carboxylic acids is 2. The first-order chi connectivity index (χ1) is 18.8. The van der Waals surface area contributed by atoms with Crippen LogP contribution >= 0.6 is 0 Å². The number of fused-ring (bicyclic) bond motifs is 2. The summed E-state index contributed by atoms with van der Waals surface area (Å²) in [6.45, 7) is 3.95. The molecule has 0 saturated carbocycles. The van der Waals surface area contributed by atoms with E-state index in [9.17, 15) is 29.7 Å². The molecule has 0 bridgehead atoms. The maximum atomic E-state index is 14.0. The lowest BCUT2D eigenvalue weighted by Gasteiger charge is -2.54. The molecule has 0 unspecified atom stereocenters. The molecule has 2 atom stereocenters. The molecule has 2 saturated heterocycles. The van der Waals surface area contributed by atoms with Crippen LogP contribution in [0.3, 0.4) is 0 Å². The Kier molecular flexibility index (Phi) is 7.22. The fourth-order valence-electron chi connectivity index (χ4n) is 5.50. The van der Waals surface area contributed by atoms with Crippen molar-refractivity contribution in [1.29, 1.82) is 0 Å². The lowest BCUT2D eigenvalue weighted by atomic mass is 9.98. The number of hydrazine groups is 1. The molecule has 2 aliphatic heterocycles. The number of para-hydroxylation sites is 1. The Hall–Kier alpha value is -4.42. The van der Waals surface area contributed by atoms with E-state index in [1.54, 1.807) is 27.9 Å². The maximum Gasteiger partial charge on any atom is 0.424 e. The van der Waals surface area contributed by atoms with Crippen molar-refractivity contribution >= 4 is 28.8 Å². The van der Waals surface area contributed by atoms with Crippen LogP contribution in [-0.2, 0) is 29.1 Å². The molecule has 5 rings (SSSR count). The van der Waals surface area contributed by atoms with Gasteiger partial charge >= 0.3 is 6.09 Å². The fourth-order valence-corrected chi connectivity index (χ4v) is 5.50. The van der Waals surface area contributed by atoms with Gasteiger partial charge in [0.2, 0.25) is 11.8 Å². The normalized spacial score (nSPS) is 20.0. The average molecular weight is 535 g/mol. The van der Waals surface area contributed by atoms with E-state index in [2.05, 4.69) is 11.7 Å². The highest BCUT2D eigenvalue weighted by atomic mass is 16.4. The van der Waals surface area contributed by atoms with Gasteiger partial charge in [0.1, 0.15) is 18.0 Å². The Labute approximate surface area is 224 Å². The quantitative estimate of drug-likeness (QED) is 0.367. The highest BCUT2D eigenvalue weighted by Crippen LogP contribution is 2.30. The van der Waals surface area contributed by atoms with E-state index in [-0.39, 0.29) is 63.3 Å². The highest BCUT2D eigenvalue weighted by Gasteiger charge is 2.51. The molecule has 3 heterocycles. The van der Waals surface area contributed by atoms with Crippen molar-refractivity contribution in [2.75, 3.05) is 26.2 Å². The number of hydrogen-bond donors (Lipinski definition) is 3. The van der Waals surface area contributed by atoms with Crippen LogP contribution in [0.25, 0.3) is 10.9 Å². The molecular formula is C27H30N6O6. The van der Waals surface area contributed by atoms with Crippen LogP contribution in [-0.4, -0.2) is 101 Å². The van der Waals surface area contributed by atoms with Crippen LogP contribution in [0.1, 0.15) is 11.1 Å². The molecule has 0 spiro atoms. The third-order valence-corrected chi connectivity index (χ3v) is 7.15. The minimum absolute atomic E-state index is 0.0267. The second-order valence-electron chi connectivity index (χ2n) is 9.60. The number of nitrogens with zero attached hydrogens (tertiary/aromatic N) is 6. The summed E-state index contributed by atoms with van der Waals surface area (Å²) in [6, 6.07) is 11.1. The number of aliphatic hydroxyl groups excluding tert-OH is 1. The van der Waals surface area contributed by atoms with Gasteiger partial charge in [-0.3, -0.25) is 14.3 Å². The van der Waals surface area contributed by atoms with Gasteiger partial charge in [0.15, 0.2) is 0 Å². The lowest BCUT2D eigenvalue weighted by molar-refractivity contribution is -0.192. The van der Waals surface area contributed by atoms with Gasteiger partial charge < -0.3 is 25.1 Å². The van der Waals surface area contributed by atoms with Gasteiger partial charge in [-0.1, -0.05) is 36.4 Å². The van der Waals surface area contributed by atoms with E-state index in [4.69, 9.17) is 0 Å². The van der Waals surface area contributed by atoms with Gasteiger partial charge in [-0.2, -0.15) is 5.10 Å². The van der Waals surface area contributed by atoms with Crippen molar-refractivity contribution in [3.8, 4) is 5.75 Å². The number of amides is 3. The number of phenols is 1. The van der Waals surface area contributed by atoms with E-state index in [1.807, 2.05) is 18.2 Å². The van der Waals surface area contributed by atoms with Crippen LogP contribution in [0.15, 0.2) is 61.3 Å². The van der Waals surface area contributed by atoms with Crippen molar-refractivity contribution in [2.24, 2.45) is 0 Å². The number of aromatic hydroxyl groups is 1. The van der Waals surface area contributed by atoms with Crippen LogP contribution in [0.5, 0.6) is 5.75 Å². The number of carbonyl (C=O) groups is 3. The van der Waals surface area contributed by atoms with Crippen LogP contribution in [0.4, 0.5) is 4.79 Å². The molecular weight excluding hydrogens is 504 g/mol. The van der Waals surface area contributed by atoms with Gasteiger partial charge in [-0.05, 0) is 23.3 Å². The van der Waals surface area contributed by atoms with E-state index in [0.717, 1.165) is 27.0 Å². The van der Waals surface area contributed by atoms with E-state index in [1.165, 1.54) is 28.1 Å². The number of aromatic nitrogens is 2. The largest absolute Gasteiger partial charge is 0.508 e. The summed E-state index contributed by atoms with van der Waals surface area (Å²) in [5, 5.41) is 37.1. The number of carboxylic acid groups (broad SMARTS) is 1. The first kappa shape index (κ1) is 26.2. The van der Waals surface area contributed by atoms with E-state index in [0.29, 0.717) is 0 Å². The van der Waals surface area contributed by atoms with Crippen LogP contribution < -0.4 is 0 Å². The van der Waals surface area contributed by atoms with Gasteiger partial charge in [-0.15, -0.1) is 6.58 Å². The van der Waals surface area contributed by atoms with Crippen molar-refractivity contribution in [3.63, 3.8) is 0 Å². The van der Waals surface area contributed by atoms with Crippen molar-refractivity contribution in [1.82, 2.24) is 29.6 Å². The second-order valence-corrected chi connectivity index (χ2v) is 9.60. The van der Waals surface area contributed by atoms with Crippen molar-refractivity contribution in [3.05, 3.63) is 72.4 Å². The Bertz CT molecular complexity index is 1410. The highest BCUT2D eigenvalue weighted by molar-refractivity contribution is 5.92. The molecule has 2 aromatic carbocycles. The molecule has 39 heavy (non-hydrogen) atoms. The van der Waals surface area contributed by atoms with Gasteiger partial charge in [0.25, 0.3) is 0 Å². The molecule has 1 aromatic heterocycles. The zero-order valence-electron chi connectivity index (χ0n) is 21.3. The number of hydrogen-bond acceptors (Lipinski definition) is 7. The standard InChI is InChI=1S/C27H30N6O6/c1-2-10-30-17-24(36)32-22(13-18-6-8-21(35)9-7-18)26(37)29(16-23(32)33(30)27(38)39)15-20-5-3-4-19-14-28-31(11-12-34)25(19)20/h2-9,14,22-23,34-35H,1,10-13,15-17H2,(H,38,39)/t22-,23-/m0/s1. The molecule has 0 aliphatic carbocycles. The molecule has 3 aromatic rings. The Balaban J connectivity index is 1.55. The maximum absolute atomic E-state index is 14.0. The minimum Gasteiger partial charge on any atom is -0.508 e. The average Bonchev–Trinajstić information content (AvgIpc) is 3.31. The molecule has 12 heteroatoms. The first-order valence-electron chi connectivity index (χ1n) is 12.6. The fraction of sp³-hybridized carbons (Fsp3) is 0.333. The zero-order chi connectivity index (χ0) is 27.7. The Morgan fingerprint density at radius 1 is 1.15 bits per heavy atom. The van der Waals surface area contributed by atoms with Crippen LogP contribution in [0.2, 0.25) is 0 Å². The van der Waals surface area contributed by atoms with Crippen molar-refractivity contribution < 1.29 is 29.7 Å². The molecule has 0 radical (unpaired) electrons. The van der Waals surface area contributed by atoms with Crippen LogP contribution in [0, 0.1) is 0 Å². The predicted molar refractivity (Wildman–Crippen MR) is 140 cm³/mol. The van der Waals surface area contributed by atoms with Crippen molar-refractivity contribution in [2.45, 2.75) is 31.7 Å². The number of rotatable bonds is 8. The number of phenolic OH excluding ortho intramolecular Hbond substituents is 1. The summed E-state index contributed by atoms with van der Waals surface area (Å²) in [6.07, 6.45) is 1.20. The monoisotopic (exact) mass is 534 g/mol. The topological polar surface area (TPSA) is 143 Å². The van der Waals surface area contributed by atoms with Gasteiger partial charge in [0, 0.05) is 24.9 Å². The number of aliphatic hydroxyl groups is 1. The zero-order valence-corrected chi connectivity index (χ0v) is 21.3. The summed E-state index contributed by atoms with van der Waals surface area (Å²) in [7, 11) is 0. The SMILES string of the molecule is C=CCN1CC(=O)N2[C@@H](Cc3ccc(O)cc3)C(=O)N(Cc3cccc4cnn(CCO)c34)C[C@@H]2N1C(=O)O. The number of benzene rings is 2. The third-order valence-electron chi connectivity index (χ3n) is 7.15. The summed E-state index contributed by atoms with van der Waals surface area (Å²) < 4.78 is 1.68. The summed E-state index contributed by atoms with van der Waals surface area (Å²) in [5.41, 5.74) is 2.29. The molecule has 2 aliphatic rings. The summed E-state index contributed by atoms with van der Waals surface area (Å²) in [5.74, 6) is -0.577. The van der Waals surface area contributed by atoms with E-state index >= 15 is 0 Å². The van der Waals surface area contributed by atoms with Gasteiger partial charge in [0.05, 0.1) is 38.0 Å². The molecule has 3 N–H and O–H groups in total. The first-order valence-corrected chi connectivity index (χ1v) is 12.6. The molecule has 12 nitrogen and oxygen atoms in total. The molecule has 2 fully saturated rings. The lowest BCUT2D eigenvalue weighted by Crippen LogP contribution is -2.75. The second kappa shape index (κ2) is 10.8. The molecule has 3 amide bonds. The summed E-state index contributed by atoms with van der Waals surface area (Å²) in [4.78, 5) is 42.8. The smallest absolute Gasteiger partial charge is 0.424 e. The van der Waals surface area contributed by atoms with Gasteiger partial charge in [-0.25, -0.2) is 14.8 Å². The number of piperazine rings is 1. The predicted octanol–water partition coefficient (Wildman–Crippen LogP) is 1.24. The summed E-state index contributed by atoms with van der Waals surface area (Å²) >= 11 is 0. The van der Waals surface area contributed by atoms with E-state index < -0.39 is 18.3 Å². The Morgan fingerprint density at radius 3 is 2.62 bits per heavy atom.